The van der Waals surface area contributed by atoms with E-state index in [0.29, 0.717) is 49.3 Å². The van der Waals surface area contributed by atoms with Gasteiger partial charge in [0.2, 0.25) is 11.8 Å². The third kappa shape index (κ3) is 17.8. The lowest BCUT2D eigenvalue weighted by molar-refractivity contribution is -0.197. The molecule has 0 unspecified atom stereocenters. The van der Waals surface area contributed by atoms with E-state index in [9.17, 15) is 38.4 Å². The van der Waals surface area contributed by atoms with Gasteiger partial charge in [0.05, 0.1) is 26.4 Å². The first kappa shape index (κ1) is 40.3. The first-order valence-corrected chi connectivity index (χ1v) is 17.0. The highest BCUT2D eigenvalue weighted by atomic mass is 16.7. The third-order valence-electron chi connectivity index (χ3n) is 7.48. The number of amides is 6. The van der Waals surface area contributed by atoms with Crippen LogP contribution in [0.1, 0.15) is 116 Å². The van der Waals surface area contributed by atoms with Crippen molar-refractivity contribution in [1.29, 1.82) is 0 Å². The summed E-state index contributed by atoms with van der Waals surface area (Å²) < 4.78 is 10.8. The molecule has 2 rings (SSSR count). The smallest absolute Gasteiger partial charge is 0.333 e. The van der Waals surface area contributed by atoms with E-state index in [1.54, 1.807) is 0 Å². The van der Waals surface area contributed by atoms with Crippen LogP contribution in [0.2, 0.25) is 0 Å². The zero-order chi connectivity index (χ0) is 35.0. The van der Waals surface area contributed by atoms with E-state index in [-0.39, 0.29) is 76.4 Å². The van der Waals surface area contributed by atoms with Crippen LogP contribution in [0.25, 0.3) is 0 Å². The number of carbonyl (C=O) groups excluding carboxylic acids is 8. The fourth-order valence-corrected chi connectivity index (χ4v) is 4.74. The van der Waals surface area contributed by atoms with Crippen LogP contribution in [0.5, 0.6) is 0 Å². The van der Waals surface area contributed by atoms with Crippen molar-refractivity contribution in [2.45, 2.75) is 116 Å². The molecule has 0 atom stereocenters. The summed E-state index contributed by atoms with van der Waals surface area (Å²) in [6, 6.07) is 0. The normalized spacial score (nSPS) is 14.5. The number of hydrogen-bond donors (Lipinski definition) is 2. The van der Waals surface area contributed by atoms with Crippen LogP contribution >= 0.6 is 0 Å². The number of hydrogen-bond acceptors (Lipinski definition) is 12. The van der Waals surface area contributed by atoms with Crippen LogP contribution in [0, 0.1) is 0 Å². The zero-order valence-electron chi connectivity index (χ0n) is 27.8. The molecule has 48 heavy (non-hydrogen) atoms. The van der Waals surface area contributed by atoms with Crippen LogP contribution in [0.4, 0.5) is 0 Å². The van der Waals surface area contributed by atoms with Crippen molar-refractivity contribution in [3.63, 3.8) is 0 Å². The van der Waals surface area contributed by atoms with Gasteiger partial charge in [-0.2, -0.15) is 0 Å². The maximum absolute atomic E-state index is 11.9. The Morgan fingerprint density at radius 2 is 0.792 bits per heavy atom. The topological polar surface area (TPSA) is 204 Å². The van der Waals surface area contributed by atoms with Gasteiger partial charge in [0.1, 0.15) is 0 Å². The predicted molar refractivity (Wildman–Crippen MR) is 167 cm³/mol. The van der Waals surface area contributed by atoms with Crippen molar-refractivity contribution < 1.29 is 57.5 Å². The Kier molecular flexibility index (Phi) is 20.3. The van der Waals surface area contributed by atoms with E-state index in [2.05, 4.69) is 10.6 Å². The van der Waals surface area contributed by atoms with Crippen molar-refractivity contribution in [1.82, 2.24) is 20.8 Å². The highest BCUT2D eigenvalue weighted by molar-refractivity contribution is 6.02. The Labute approximate surface area is 280 Å². The van der Waals surface area contributed by atoms with E-state index in [1.165, 1.54) is 0 Å². The highest BCUT2D eigenvalue weighted by Gasteiger charge is 2.33. The second-order valence-corrected chi connectivity index (χ2v) is 11.6. The van der Waals surface area contributed by atoms with Gasteiger partial charge in [-0.15, -0.1) is 10.1 Å². The summed E-state index contributed by atoms with van der Waals surface area (Å²) in [5.41, 5.74) is 0. The second-order valence-electron chi connectivity index (χ2n) is 11.6. The van der Waals surface area contributed by atoms with Gasteiger partial charge < -0.3 is 29.8 Å². The minimum absolute atomic E-state index is 0.0740. The van der Waals surface area contributed by atoms with Gasteiger partial charge in [-0.1, -0.05) is 38.5 Å². The molecule has 0 aromatic heterocycles. The molecule has 2 aliphatic rings. The van der Waals surface area contributed by atoms with Gasteiger partial charge in [-0.25, -0.2) is 9.59 Å². The van der Waals surface area contributed by atoms with E-state index in [1.807, 2.05) is 0 Å². The number of carbonyl (C=O) groups is 8. The summed E-state index contributed by atoms with van der Waals surface area (Å²) in [5.74, 6) is -3.32. The minimum atomic E-state index is -0.587. The van der Waals surface area contributed by atoms with E-state index >= 15 is 0 Å². The lowest BCUT2D eigenvalue weighted by atomic mass is 10.1. The summed E-state index contributed by atoms with van der Waals surface area (Å²) in [6.45, 7) is 2.28. The Morgan fingerprint density at radius 3 is 1.17 bits per heavy atom. The molecular formula is C32H50N4O12. The number of rotatable bonds is 27. The van der Waals surface area contributed by atoms with Gasteiger partial charge in [0, 0.05) is 64.5 Å². The monoisotopic (exact) mass is 682 g/mol. The molecule has 0 bridgehead atoms. The predicted octanol–water partition coefficient (Wildman–Crippen LogP) is 1.93. The molecule has 2 heterocycles. The van der Waals surface area contributed by atoms with Gasteiger partial charge >= 0.3 is 11.9 Å². The van der Waals surface area contributed by atoms with Crippen LogP contribution in [0.3, 0.4) is 0 Å². The molecule has 6 amide bonds. The lowest BCUT2D eigenvalue weighted by Gasteiger charge is -2.12. The first-order chi connectivity index (χ1) is 23.2. The maximum atomic E-state index is 11.9. The molecule has 0 radical (unpaired) electrons. The van der Waals surface area contributed by atoms with Crippen LogP contribution in [-0.2, 0) is 57.5 Å². The fourth-order valence-electron chi connectivity index (χ4n) is 4.74. The molecule has 2 saturated heterocycles. The van der Waals surface area contributed by atoms with E-state index in [4.69, 9.17) is 19.1 Å². The summed E-state index contributed by atoms with van der Waals surface area (Å²) in [4.78, 5) is 103. The van der Waals surface area contributed by atoms with Crippen LogP contribution in [-0.4, -0.2) is 97.0 Å². The molecule has 0 spiro atoms. The highest BCUT2D eigenvalue weighted by Crippen LogP contribution is 2.15. The standard InChI is InChI=1S/C32H50N4O12/c37-25(33-19-9-5-1-3-7-11-31(43)47-35-27(39)13-14-28(35)40)17-21-45-23-24-46-22-18-26(38)34-20-10-6-2-4-8-12-32(44)48-36-29(41)15-16-30(36)42/h1-24H2,(H,33,37)(H,34,38). The molecule has 2 aliphatic heterocycles. The largest absolute Gasteiger partial charge is 0.379 e. The molecule has 0 aromatic rings. The third-order valence-corrected chi connectivity index (χ3v) is 7.48. The van der Waals surface area contributed by atoms with Crippen molar-refractivity contribution in [2.24, 2.45) is 0 Å². The maximum Gasteiger partial charge on any atom is 0.333 e. The SMILES string of the molecule is O=C(CCOCCOCCC(=O)NCCCCCCCC(=O)ON1C(=O)CCC1=O)NCCCCCCCC(=O)ON1C(=O)CCC1=O. The Bertz CT molecular complexity index is 983. The Hall–Kier alpha value is -3.92. The van der Waals surface area contributed by atoms with E-state index < -0.39 is 35.6 Å². The lowest BCUT2D eigenvalue weighted by Crippen LogP contribution is -2.31. The van der Waals surface area contributed by atoms with Crippen molar-refractivity contribution in [3.8, 4) is 0 Å². The number of unbranched alkanes of at least 4 members (excludes halogenated alkanes) is 8. The van der Waals surface area contributed by atoms with Crippen LogP contribution < -0.4 is 10.6 Å². The summed E-state index contributed by atoms with van der Waals surface area (Å²) in [5, 5.41) is 6.80. The van der Waals surface area contributed by atoms with Gasteiger partial charge in [-0.05, 0) is 25.7 Å². The van der Waals surface area contributed by atoms with Crippen molar-refractivity contribution in [3.05, 3.63) is 0 Å². The number of ether oxygens (including phenoxy) is 2. The minimum Gasteiger partial charge on any atom is -0.379 e. The quantitative estimate of drug-likeness (QED) is 0.0943. The molecule has 2 N–H and O–H groups in total. The molecule has 2 fully saturated rings. The number of nitrogens with zero attached hydrogens (tertiary/aromatic N) is 2. The van der Waals surface area contributed by atoms with E-state index in [0.717, 1.165) is 51.4 Å². The molecular weight excluding hydrogens is 632 g/mol. The average Bonchev–Trinajstić information content (AvgIpc) is 3.54. The number of imide groups is 2. The zero-order valence-corrected chi connectivity index (χ0v) is 27.8. The second kappa shape index (κ2) is 24.3. The average molecular weight is 683 g/mol. The van der Waals surface area contributed by atoms with Gasteiger partial charge in [-0.3, -0.25) is 28.8 Å². The van der Waals surface area contributed by atoms with Gasteiger partial charge in [0.15, 0.2) is 0 Å². The summed E-state index contributed by atoms with van der Waals surface area (Å²) >= 11 is 0. The fraction of sp³-hybridized carbons (Fsp3) is 0.750. The Morgan fingerprint density at radius 1 is 0.458 bits per heavy atom. The summed E-state index contributed by atoms with van der Waals surface area (Å²) in [7, 11) is 0. The molecule has 16 heteroatoms. The van der Waals surface area contributed by atoms with Crippen molar-refractivity contribution >= 4 is 47.4 Å². The molecule has 0 aliphatic carbocycles. The molecule has 0 saturated carbocycles. The van der Waals surface area contributed by atoms with Gasteiger partial charge in [0.25, 0.3) is 23.6 Å². The van der Waals surface area contributed by atoms with Crippen LogP contribution in [0.15, 0.2) is 0 Å². The Balaban J connectivity index is 1.27. The summed E-state index contributed by atoms with van der Waals surface area (Å²) in [6.07, 6.45) is 9.01. The number of nitrogens with one attached hydrogen (secondary N) is 2. The number of hydroxylamine groups is 4. The first-order valence-electron chi connectivity index (χ1n) is 17.0. The molecule has 16 nitrogen and oxygen atoms in total. The molecule has 270 valence electrons. The van der Waals surface area contributed by atoms with Crippen molar-refractivity contribution in [2.75, 3.05) is 39.5 Å². The molecule has 0 aromatic carbocycles.